The lowest BCUT2D eigenvalue weighted by Gasteiger charge is -2.39. The molecule has 232 valence electrons. The number of halogens is 3. The summed E-state index contributed by atoms with van der Waals surface area (Å²) in [4.78, 5) is 70.4. The molecule has 2 saturated heterocycles. The van der Waals surface area contributed by atoms with Gasteiger partial charge >= 0.3 is 18.1 Å². The highest BCUT2D eigenvalue weighted by atomic mass is 19.4. The summed E-state index contributed by atoms with van der Waals surface area (Å²) in [5.74, 6) is -3.46. The number of anilines is 1. The third-order valence-electron chi connectivity index (χ3n) is 7.96. The number of para-hydroxylation sites is 1. The zero-order valence-electron chi connectivity index (χ0n) is 23.8. The summed E-state index contributed by atoms with van der Waals surface area (Å²) in [6.07, 6.45) is -3.21. The number of alkyl halides is 3. The maximum Gasteiger partial charge on any atom is 0.471 e. The molecule has 0 radical (unpaired) electrons. The van der Waals surface area contributed by atoms with E-state index in [1.807, 2.05) is 6.07 Å². The number of benzene rings is 2. The molecule has 44 heavy (non-hydrogen) atoms. The molecule has 5 amide bonds. The molecule has 3 heterocycles. The highest BCUT2D eigenvalue weighted by molar-refractivity contribution is 6.45. The standard InChI is InChI=1S/C30H31F3N6O5/c1-18-17-38(26(41)19-6-3-2-4-7-19)14-15-39(18)27(42)25(40)22-16-34-24-21(22)8-5-9-23(24)36-29(44)35-20-10-12-37(13-11-20)28(43)30(31,32)33/h2-9,16,18,20,34H,10-15,17H2,1H3,(H2,35,36,44)/t18-/m1/s1. The number of likely N-dealkylation sites (tertiary alicyclic amines) is 1. The van der Waals surface area contributed by atoms with Crippen LogP contribution in [-0.2, 0) is 9.59 Å². The summed E-state index contributed by atoms with van der Waals surface area (Å²) in [6, 6.07) is 12.3. The molecule has 2 aromatic carbocycles. The number of piperidine rings is 1. The Morgan fingerprint density at radius 2 is 1.59 bits per heavy atom. The predicted molar refractivity (Wildman–Crippen MR) is 154 cm³/mol. The van der Waals surface area contributed by atoms with Crippen LogP contribution in [0.4, 0.5) is 23.7 Å². The summed E-state index contributed by atoms with van der Waals surface area (Å²) in [5.41, 5.74) is 1.43. The van der Waals surface area contributed by atoms with Crippen molar-refractivity contribution in [2.75, 3.05) is 38.0 Å². The number of Topliss-reactive ketones (excluding diaryl/α,β-unsaturated/α-hetero) is 1. The van der Waals surface area contributed by atoms with Gasteiger partial charge in [-0.15, -0.1) is 0 Å². The molecule has 3 N–H and O–H groups in total. The van der Waals surface area contributed by atoms with Crippen molar-refractivity contribution in [3.05, 3.63) is 65.9 Å². The van der Waals surface area contributed by atoms with E-state index >= 15 is 0 Å². The quantitative estimate of drug-likeness (QED) is 0.300. The van der Waals surface area contributed by atoms with Gasteiger partial charge in [0, 0.05) is 62.0 Å². The second kappa shape index (κ2) is 12.4. The minimum atomic E-state index is -4.94. The molecule has 3 aromatic rings. The van der Waals surface area contributed by atoms with Gasteiger partial charge in [0.15, 0.2) is 0 Å². The van der Waals surface area contributed by atoms with Gasteiger partial charge in [-0.3, -0.25) is 19.2 Å². The summed E-state index contributed by atoms with van der Waals surface area (Å²) in [6.45, 7) is 2.28. The number of ketones is 1. The lowest BCUT2D eigenvalue weighted by atomic mass is 10.0. The number of rotatable bonds is 5. The van der Waals surface area contributed by atoms with Crippen LogP contribution in [0.3, 0.4) is 0 Å². The Kier molecular flexibility index (Phi) is 8.61. The largest absolute Gasteiger partial charge is 0.471 e. The number of piperazine rings is 1. The Balaban J connectivity index is 1.19. The third kappa shape index (κ3) is 6.38. The van der Waals surface area contributed by atoms with Crippen molar-refractivity contribution in [2.24, 2.45) is 0 Å². The minimum absolute atomic E-state index is 0.130. The van der Waals surface area contributed by atoms with Crippen LogP contribution in [-0.4, -0.2) is 100 Å². The Labute approximate surface area is 250 Å². The van der Waals surface area contributed by atoms with E-state index in [4.69, 9.17) is 0 Å². The van der Waals surface area contributed by atoms with Gasteiger partial charge < -0.3 is 30.3 Å². The Bertz CT molecular complexity index is 1580. The molecule has 11 nitrogen and oxygen atoms in total. The molecule has 0 spiro atoms. The van der Waals surface area contributed by atoms with E-state index in [1.54, 1.807) is 54.3 Å². The predicted octanol–water partition coefficient (Wildman–Crippen LogP) is 3.40. The molecule has 0 aliphatic carbocycles. The number of nitrogens with zero attached hydrogens (tertiary/aromatic N) is 3. The molecular formula is C30H31F3N6O5. The van der Waals surface area contributed by atoms with Crippen LogP contribution in [0.1, 0.15) is 40.5 Å². The van der Waals surface area contributed by atoms with E-state index in [0.29, 0.717) is 22.2 Å². The van der Waals surface area contributed by atoms with E-state index in [0.717, 1.165) is 4.90 Å². The number of H-pyrrole nitrogens is 1. The molecular weight excluding hydrogens is 581 g/mol. The summed E-state index contributed by atoms with van der Waals surface area (Å²) in [7, 11) is 0. The smallest absolute Gasteiger partial charge is 0.359 e. The SMILES string of the molecule is C[C@@H]1CN(C(=O)c2ccccc2)CCN1C(=O)C(=O)c1c[nH]c2c(NC(=O)NC3CCN(C(=O)C(F)(F)F)CC3)cccc12. The van der Waals surface area contributed by atoms with E-state index in [2.05, 4.69) is 15.6 Å². The molecule has 2 aliphatic heterocycles. The molecule has 2 fully saturated rings. The molecule has 5 rings (SSSR count). The number of hydrogen-bond donors (Lipinski definition) is 3. The van der Waals surface area contributed by atoms with Crippen LogP contribution in [0.2, 0.25) is 0 Å². The molecule has 1 atom stereocenters. The summed E-state index contributed by atoms with van der Waals surface area (Å²) in [5, 5.41) is 5.82. The first-order valence-corrected chi connectivity index (χ1v) is 14.2. The molecule has 2 aliphatic rings. The average Bonchev–Trinajstić information content (AvgIpc) is 3.45. The zero-order chi connectivity index (χ0) is 31.6. The van der Waals surface area contributed by atoms with E-state index < -0.39 is 41.9 Å². The highest BCUT2D eigenvalue weighted by Crippen LogP contribution is 2.27. The Morgan fingerprint density at radius 1 is 0.886 bits per heavy atom. The fraction of sp³-hybridized carbons (Fsp3) is 0.367. The molecule has 1 aromatic heterocycles. The molecule has 14 heteroatoms. The normalized spacial score (nSPS) is 17.8. The molecule has 0 unspecified atom stereocenters. The first-order chi connectivity index (χ1) is 20.9. The van der Waals surface area contributed by atoms with Gasteiger partial charge in [-0.05, 0) is 38.0 Å². The molecule has 0 bridgehead atoms. The van der Waals surface area contributed by atoms with Gasteiger partial charge in [-0.2, -0.15) is 13.2 Å². The number of carbonyl (C=O) groups is 5. The Hall–Kier alpha value is -4.88. The number of aromatic nitrogens is 1. The van der Waals surface area contributed by atoms with Crippen LogP contribution >= 0.6 is 0 Å². The number of fused-ring (bicyclic) bond motifs is 1. The second-order valence-corrected chi connectivity index (χ2v) is 10.9. The number of aromatic amines is 1. The summed E-state index contributed by atoms with van der Waals surface area (Å²) >= 11 is 0. The fourth-order valence-corrected chi connectivity index (χ4v) is 5.65. The highest BCUT2D eigenvalue weighted by Gasteiger charge is 2.43. The Morgan fingerprint density at radius 3 is 2.25 bits per heavy atom. The van der Waals surface area contributed by atoms with Crippen LogP contribution in [0.25, 0.3) is 10.9 Å². The number of hydrogen-bond acceptors (Lipinski definition) is 5. The monoisotopic (exact) mass is 612 g/mol. The van der Waals surface area contributed by atoms with Crippen molar-refractivity contribution in [3.63, 3.8) is 0 Å². The van der Waals surface area contributed by atoms with Gasteiger partial charge in [0.1, 0.15) is 0 Å². The van der Waals surface area contributed by atoms with E-state index in [9.17, 15) is 37.1 Å². The first kappa shape index (κ1) is 30.6. The maximum absolute atomic E-state index is 13.3. The third-order valence-corrected chi connectivity index (χ3v) is 7.96. The van der Waals surface area contributed by atoms with Crippen LogP contribution in [0, 0.1) is 0 Å². The first-order valence-electron chi connectivity index (χ1n) is 14.2. The second-order valence-electron chi connectivity index (χ2n) is 10.9. The van der Waals surface area contributed by atoms with Crippen molar-refractivity contribution >= 4 is 46.1 Å². The van der Waals surface area contributed by atoms with Crippen LogP contribution < -0.4 is 10.6 Å². The number of nitrogens with one attached hydrogen (secondary N) is 3. The van der Waals surface area contributed by atoms with Gasteiger partial charge in [0.25, 0.3) is 17.6 Å². The number of amides is 5. The van der Waals surface area contributed by atoms with Gasteiger partial charge in [-0.25, -0.2) is 4.79 Å². The van der Waals surface area contributed by atoms with Gasteiger partial charge in [0.2, 0.25) is 0 Å². The van der Waals surface area contributed by atoms with Gasteiger partial charge in [0.05, 0.1) is 16.8 Å². The van der Waals surface area contributed by atoms with Crippen molar-refractivity contribution < 1.29 is 37.1 Å². The van der Waals surface area contributed by atoms with Crippen molar-refractivity contribution in [3.8, 4) is 0 Å². The summed E-state index contributed by atoms with van der Waals surface area (Å²) < 4.78 is 38.1. The lowest BCUT2D eigenvalue weighted by Crippen LogP contribution is -2.56. The number of urea groups is 1. The zero-order valence-corrected chi connectivity index (χ0v) is 23.8. The lowest BCUT2D eigenvalue weighted by molar-refractivity contribution is -0.186. The van der Waals surface area contributed by atoms with E-state index in [-0.39, 0.29) is 57.0 Å². The van der Waals surface area contributed by atoms with Crippen molar-refractivity contribution in [1.29, 1.82) is 0 Å². The van der Waals surface area contributed by atoms with Crippen molar-refractivity contribution in [1.82, 2.24) is 25.0 Å². The number of carbonyl (C=O) groups excluding carboxylic acids is 5. The topological polar surface area (TPSA) is 135 Å². The van der Waals surface area contributed by atoms with Crippen molar-refractivity contribution in [2.45, 2.75) is 38.0 Å². The van der Waals surface area contributed by atoms with Crippen LogP contribution in [0.5, 0.6) is 0 Å². The fourth-order valence-electron chi connectivity index (χ4n) is 5.65. The van der Waals surface area contributed by atoms with E-state index in [1.165, 1.54) is 11.1 Å². The minimum Gasteiger partial charge on any atom is -0.359 e. The maximum atomic E-state index is 13.3. The molecule has 0 saturated carbocycles. The van der Waals surface area contributed by atoms with Gasteiger partial charge in [-0.1, -0.05) is 30.3 Å². The average molecular weight is 613 g/mol. The van der Waals surface area contributed by atoms with Crippen LogP contribution in [0.15, 0.2) is 54.7 Å².